The van der Waals surface area contributed by atoms with E-state index in [0.29, 0.717) is 6.54 Å². The van der Waals surface area contributed by atoms with Gasteiger partial charge in [0.2, 0.25) is 0 Å². The van der Waals surface area contributed by atoms with Gasteiger partial charge in [-0.2, -0.15) is 0 Å². The van der Waals surface area contributed by atoms with Crippen LogP contribution in [-0.4, -0.2) is 63.8 Å². The second-order valence-corrected chi connectivity index (χ2v) is 6.90. The number of methoxy groups -OCH3 is 1. The van der Waals surface area contributed by atoms with Gasteiger partial charge < -0.3 is 19.7 Å². The van der Waals surface area contributed by atoms with Crippen molar-refractivity contribution in [1.29, 1.82) is 0 Å². The highest BCUT2D eigenvalue weighted by atomic mass is 16.5. The third-order valence-electron chi connectivity index (χ3n) is 5.00. The normalized spacial score (nSPS) is 14.6. The van der Waals surface area contributed by atoms with Gasteiger partial charge in [0.15, 0.2) is 6.61 Å². The first-order valence-electron chi connectivity index (χ1n) is 9.73. The van der Waals surface area contributed by atoms with Crippen molar-refractivity contribution in [1.82, 2.24) is 10.2 Å². The minimum absolute atomic E-state index is 0.0480. The molecule has 0 radical (unpaired) electrons. The number of carbonyl (C=O) groups excluding carboxylic acids is 1. The molecule has 1 saturated heterocycles. The maximum absolute atomic E-state index is 12.0. The van der Waals surface area contributed by atoms with Gasteiger partial charge in [0.25, 0.3) is 5.91 Å². The Hall–Kier alpha value is -2.73. The first-order valence-corrected chi connectivity index (χ1v) is 9.73. The molecule has 0 aromatic heterocycles. The lowest BCUT2D eigenvalue weighted by Crippen LogP contribution is -2.48. The number of amides is 1. The van der Waals surface area contributed by atoms with Crippen LogP contribution in [0.1, 0.15) is 5.56 Å². The minimum Gasteiger partial charge on any atom is -0.495 e. The summed E-state index contributed by atoms with van der Waals surface area (Å²) in [4.78, 5) is 16.7. The Morgan fingerprint density at radius 3 is 2.39 bits per heavy atom. The number of hydrogen-bond acceptors (Lipinski definition) is 5. The lowest BCUT2D eigenvalue weighted by Gasteiger charge is -2.36. The average Bonchev–Trinajstić information content (AvgIpc) is 2.73. The number of aryl methyl sites for hydroxylation is 1. The topological polar surface area (TPSA) is 54.0 Å². The van der Waals surface area contributed by atoms with Crippen LogP contribution in [0, 0.1) is 6.92 Å². The molecule has 1 N–H and O–H groups in total. The SMILES string of the molecule is COc1ccccc1N1CCN(CCNC(=O)COc2ccccc2C)CC1. The summed E-state index contributed by atoms with van der Waals surface area (Å²) in [6.45, 7) is 7.32. The fourth-order valence-corrected chi connectivity index (χ4v) is 3.37. The molecule has 150 valence electrons. The smallest absolute Gasteiger partial charge is 0.257 e. The molecule has 6 heteroatoms. The van der Waals surface area contributed by atoms with Crippen molar-refractivity contribution in [3.05, 3.63) is 54.1 Å². The molecule has 1 heterocycles. The largest absolute Gasteiger partial charge is 0.495 e. The Balaban J connectivity index is 1.35. The van der Waals surface area contributed by atoms with Gasteiger partial charge in [0.05, 0.1) is 12.8 Å². The van der Waals surface area contributed by atoms with Gasteiger partial charge in [-0.25, -0.2) is 0 Å². The highest BCUT2D eigenvalue weighted by molar-refractivity contribution is 5.77. The predicted octanol–water partition coefficient (Wildman–Crippen LogP) is 2.32. The molecule has 0 unspecified atom stereocenters. The van der Waals surface area contributed by atoms with Gasteiger partial charge in [-0.1, -0.05) is 30.3 Å². The molecule has 1 fully saturated rings. The summed E-state index contributed by atoms with van der Waals surface area (Å²) >= 11 is 0. The van der Waals surface area contributed by atoms with Crippen LogP contribution in [-0.2, 0) is 4.79 Å². The zero-order valence-electron chi connectivity index (χ0n) is 16.7. The second-order valence-electron chi connectivity index (χ2n) is 6.90. The third kappa shape index (κ3) is 5.39. The number of benzene rings is 2. The molecule has 0 spiro atoms. The van der Waals surface area contributed by atoms with Crippen molar-refractivity contribution >= 4 is 11.6 Å². The van der Waals surface area contributed by atoms with E-state index in [1.54, 1.807) is 7.11 Å². The van der Waals surface area contributed by atoms with Gasteiger partial charge >= 0.3 is 0 Å². The van der Waals surface area contributed by atoms with Crippen LogP contribution in [0.3, 0.4) is 0 Å². The van der Waals surface area contributed by atoms with Crippen LogP contribution in [0.4, 0.5) is 5.69 Å². The van der Waals surface area contributed by atoms with Gasteiger partial charge in [-0.15, -0.1) is 0 Å². The number of piperazine rings is 1. The molecule has 1 amide bonds. The zero-order chi connectivity index (χ0) is 19.8. The van der Waals surface area contributed by atoms with E-state index >= 15 is 0 Å². The van der Waals surface area contributed by atoms with Gasteiger partial charge in [0.1, 0.15) is 11.5 Å². The Morgan fingerprint density at radius 2 is 1.68 bits per heavy atom. The molecular formula is C22H29N3O3. The molecule has 6 nitrogen and oxygen atoms in total. The van der Waals surface area contributed by atoms with E-state index in [9.17, 15) is 4.79 Å². The fourth-order valence-electron chi connectivity index (χ4n) is 3.37. The molecule has 0 aliphatic carbocycles. The Morgan fingerprint density at radius 1 is 1.00 bits per heavy atom. The average molecular weight is 383 g/mol. The molecule has 28 heavy (non-hydrogen) atoms. The lowest BCUT2D eigenvalue weighted by atomic mass is 10.2. The lowest BCUT2D eigenvalue weighted by molar-refractivity contribution is -0.123. The van der Waals surface area contributed by atoms with Gasteiger partial charge in [-0.05, 0) is 30.7 Å². The third-order valence-corrected chi connectivity index (χ3v) is 5.00. The van der Waals surface area contributed by atoms with Crippen LogP contribution in [0.5, 0.6) is 11.5 Å². The molecule has 2 aromatic carbocycles. The van der Waals surface area contributed by atoms with Gasteiger partial charge in [0, 0.05) is 39.3 Å². The van der Waals surface area contributed by atoms with E-state index in [1.807, 2.05) is 49.4 Å². The van der Waals surface area contributed by atoms with Gasteiger partial charge in [-0.3, -0.25) is 9.69 Å². The molecule has 2 aromatic rings. The molecule has 1 aliphatic heterocycles. The predicted molar refractivity (Wildman–Crippen MR) is 111 cm³/mol. The van der Waals surface area contributed by atoms with Crippen LogP contribution < -0.4 is 19.7 Å². The summed E-state index contributed by atoms with van der Waals surface area (Å²) < 4.78 is 11.0. The Kier molecular flexibility index (Phi) is 7.14. The molecule has 0 atom stereocenters. The molecule has 3 rings (SSSR count). The van der Waals surface area contributed by atoms with Crippen molar-refractivity contribution in [3.63, 3.8) is 0 Å². The molecule has 0 saturated carbocycles. The fraction of sp³-hybridized carbons (Fsp3) is 0.409. The highest BCUT2D eigenvalue weighted by Crippen LogP contribution is 2.28. The Bertz CT molecular complexity index is 773. The molecule has 1 aliphatic rings. The summed E-state index contributed by atoms with van der Waals surface area (Å²) in [6, 6.07) is 15.8. The van der Waals surface area contributed by atoms with Crippen LogP contribution in [0.2, 0.25) is 0 Å². The summed E-state index contributed by atoms with van der Waals surface area (Å²) in [5, 5.41) is 2.94. The van der Waals surface area contributed by atoms with Crippen molar-refractivity contribution in [2.45, 2.75) is 6.92 Å². The number of nitrogens with zero attached hydrogens (tertiary/aromatic N) is 2. The number of anilines is 1. The van der Waals surface area contributed by atoms with Crippen molar-refractivity contribution in [2.75, 3.05) is 57.9 Å². The molecule has 0 bridgehead atoms. The Labute approximate surface area is 167 Å². The van der Waals surface area contributed by atoms with Crippen LogP contribution in [0.25, 0.3) is 0 Å². The monoisotopic (exact) mass is 383 g/mol. The summed E-state index contributed by atoms with van der Waals surface area (Å²) in [5.41, 5.74) is 2.18. The number of rotatable bonds is 8. The first-order chi connectivity index (χ1) is 13.7. The van der Waals surface area contributed by atoms with Crippen molar-refractivity contribution in [2.24, 2.45) is 0 Å². The number of carbonyl (C=O) groups is 1. The summed E-state index contributed by atoms with van der Waals surface area (Å²) in [7, 11) is 1.71. The van der Waals surface area contributed by atoms with Crippen LogP contribution in [0.15, 0.2) is 48.5 Å². The van der Waals surface area contributed by atoms with Crippen molar-refractivity contribution < 1.29 is 14.3 Å². The maximum atomic E-state index is 12.0. The quantitative estimate of drug-likeness (QED) is 0.758. The van der Waals surface area contributed by atoms with E-state index in [0.717, 1.165) is 55.5 Å². The van der Waals surface area contributed by atoms with E-state index in [1.165, 1.54) is 0 Å². The summed E-state index contributed by atoms with van der Waals surface area (Å²) in [6.07, 6.45) is 0. The van der Waals surface area contributed by atoms with Crippen LogP contribution >= 0.6 is 0 Å². The van der Waals surface area contributed by atoms with E-state index < -0.39 is 0 Å². The number of ether oxygens (including phenoxy) is 2. The van der Waals surface area contributed by atoms with E-state index in [2.05, 4.69) is 21.2 Å². The second kappa shape index (κ2) is 9.99. The van der Waals surface area contributed by atoms with E-state index in [-0.39, 0.29) is 12.5 Å². The highest BCUT2D eigenvalue weighted by Gasteiger charge is 2.19. The molecular weight excluding hydrogens is 354 g/mol. The standard InChI is InChI=1S/C22H29N3O3/c1-18-7-3-5-9-20(18)28-17-22(26)23-11-12-24-13-15-25(16-14-24)19-8-4-6-10-21(19)27-2/h3-10H,11-17H2,1-2H3,(H,23,26). The number of nitrogens with one attached hydrogen (secondary N) is 1. The zero-order valence-corrected chi connectivity index (χ0v) is 16.7. The van der Waals surface area contributed by atoms with E-state index in [4.69, 9.17) is 9.47 Å². The number of para-hydroxylation sites is 3. The van der Waals surface area contributed by atoms with Crippen molar-refractivity contribution in [3.8, 4) is 11.5 Å². The first kappa shape index (κ1) is 20.0. The number of hydrogen-bond donors (Lipinski definition) is 1. The summed E-state index contributed by atoms with van der Waals surface area (Å²) in [5.74, 6) is 1.58. The maximum Gasteiger partial charge on any atom is 0.257 e. The minimum atomic E-state index is -0.0871.